The number of aryl methyl sites for hydroxylation is 1. The summed E-state index contributed by atoms with van der Waals surface area (Å²) < 4.78 is 34.0. The number of carbonyl (C=O) groups excluding carboxylic acids is 1. The number of nitrogens with zero attached hydrogens (tertiary/aromatic N) is 3. The van der Waals surface area contributed by atoms with E-state index >= 15 is 4.39 Å². The van der Waals surface area contributed by atoms with Crippen molar-refractivity contribution in [2.75, 3.05) is 6.61 Å². The van der Waals surface area contributed by atoms with Gasteiger partial charge in [-0.25, -0.2) is 18.7 Å². The minimum Gasteiger partial charge on any atom is -0.475 e. The summed E-state index contributed by atoms with van der Waals surface area (Å²) in [6.45, 7) is 1.85. The smallest absolute Gasteiger partial charge is 0.274 e. The first-order valence-corrected chi connectivity index (χ1v) is 11.4. The van der Waals surface area contributed by atoms with Crippen LogP contribution in [0.2, 0.25) is 0 Å². The quantitative estimate of drug-likeness (QED) is 0.670. The molecule has 2 atom stereocenters. The second-order valence-corrected chi connectivity index (χ2v) is 9.49. The molecule has 0 aromatic carbocycles. The molecule has 4 aliphatic rings. The fraction of sp³-hybridized carbons (Fsp3) is 0.435. The Labute approximate surface area is 183 Å². The Morgan fingerprint density at radius 1 is 1.32 bits per heavy atom. The number of ether oxygens (including phenoxy) is 1. The third-order valence-electron chi connectivity index (χ3n) is 6.25. The highest BCUT2D eigenvalue weighted by atomic mass is 32.1. The molecule has 162 valence electrons. The molecular formula is C23H23F2N3O2S. The molecule has 2 aliphatic carbocycles. The zero-order valence-electron chi connectivity index (χ0n) is 17.1. The van der Waals surface area contributed by atoms with Crippen molar-refractivity contribution in [2.24, 2.45) is 5.92 Å². The van der Waals surface area contributed by atoms with Crippen molar-refractivity contribution in [1.29, 1.82) is 0 Å². The normalized spacial score (nSPS) is 26.9. The maximum atomic E-state index is 15.2. The fourth-order valence-electron chi connectivity index (χ4n) is 4.63. The number of aromatic nitrogens is 2. The summed E-state index contributed by atoms with van der Waals surface area (Å²) in [4.78, 5) is 24.5. The molecule has 2 aromatic heterocycles. The average molecular weight is 444 g/mol. The van der Waals surface area contributed by atoms with E-state index in [9.17, 15) is 9.18 Å². The summed E-state index contributed by atoms with van der Waals surface area (Å²) >= 11 is 1.49. The topological polar surface area (TPSA) is 55.3 Å². The Morgan fingerprint density at radius 3 is 2.87 bits per heavy atom. The summed E-state index contributed by atoms with van der Waals surface area (Å²) in [6, 6.07) is 1.92. The van der Waals surface area contributed by atoms with Crippen LogP contribution in [0.4, 0.5) is 8.78 Å². The molecule has 2 aliphatic heterocycles. The summed E-state index contributed by atoms with van der Waals surface area (Å²) in [5.41, 5.74) is 1.39. The zero-order valence-corrected chi connectivity index (χ0v) is 17.9. The van der Waals surface area contributed by atoms with Gasteiger partial charge in [0.2, 0.25) is 5.88 Å². The third-order valence-corrected chi connectivity index (χ3v) is 7.27. The molecule has 1 amide bonds. The first-order valence-electron chi connectivity index (χ1n) is 10.6. The van der Waals surface area contributed by atoms with Crippen molar-refractivity contribution in [1.82, 2.24) is 14.9 Å². The van der Waals surface area contributed by atoms with Gasteiger partial charge >= 0.3 is 0 Å². The number of piperidine rings is 2. The number of thiazole rings is 1. The van der Waals surface area contributed by atoms with Gasteiger partial charge in [0.05, 0.1) is 22.1 Å². The van der Waals surface area contributed by atoms with E-state index in [4.69, 9.17) is 4.74 Å². The number of hydrogen-bond acceptors (Lipinski definition) is 5. The van der Waals surface area contributed by atoms with Gasteiger partial charge in [-0.2, -0.15) is 0 Å². The number of hydrogen-bond donors (Lipinski definition) is 0. The second-order valence-electron chi connectivity index (χ2n) is 8.28. The van der Waals surface area contributed by atoms with Crippen LogP contribution in [-0.2, 0) is 0 Å². The monoisotopic (exact) mass is 443 g/mol. The molecule has 4 heterocycles. The Kier molecular flexibility index (Phi) is 5.33. The van der Waals surface area contributed by atoms with E-state index < -0.39 is 18.0 Å². The largest absolute Gasteiger partial charge is 0.475 e. The predicted molar refractivity (Wildman–Crippen MR) is 114 cm³/mol. The molecule has 0 unspecified atom stereocenters. The van der Waals surface area contributed by atoms with Crippen LogP contribution in [-0.4, -0.2) is 45.6 Å². The van der Waals surface area contributed by atoms with Crippen molar-refractivity contribution in [2.45, 2.75) is 50.9 Å². The first kappa shape index (κ1) is 20.3. The molecule has 2 bridgehead atoms. The molecule has 8 heteroatoms. The van der Waals surface area contributed by atoms with E-state index in [1.54, 1.807) is 4.90 Å². The summed E-state index contributed by atoms with van der Waals surface area (Å²) in [7, 11) is 0. The highest BCUT2D eigenvalue weighted by Gasteiger charge is 2.53. The molecule has 31 heavy (non-hydrogen) atoms. The molecular weight excluding hydrogens is 420 g/mol. The van der Waals surface area contributed by atoms with Gasteiger partial charge in [0.25, 0.3) is 5.91 Å². The number of halogens is 2. The molecule has 5 nitrogen and oxygen atoms in total. The molecule has 2 aromatic rings. The van der Waals surface area contributed by atoms with Gasteiger partial charge in [-0.1, -0.05) is 18.2 Å². The van der Waals surface area contributed by atoms with E-state index in [1.807, 2.05) is 13.0 Å². The molecule has 0 N–H and O–H groups in total. The number of amides is 1. The van der Waals surface area contributed by atoms with Crippen LogP contribution in [0, 0.1) is 18.7 Å². The number of pyridine rings is 1. The van der Waals surface area contributed by atoms with Crippen molar-refractivity contribution in [3.8, 4) is 5.88 Å². The number of rotatable bonds is 5. The number of allylic oxidation sites excluding steroid dienone is 4. The van der Waals surface area contributed by atoms with Gasteiger partial charge in [0.15, 0.2) is 0 Å². The van der Waals surface area contributed by atoms with Gasteiger partial charge in [-0.3, -0.25) is 4.79 Å². The number of fused-ring (bicyclic) bond motifs is 2. The van der Waals surface area contributed by atoms with Crippen LogP contribution in [0.15, 0.2) is 36.6 Å². The molecule has 2 saturated heterocycles. The van der Waals surface area contributed by atoms with Crippen molar-refractivity contribution < 1.29 is 18.3 Å². The van der Waals surface area contributed by atoms with Gasteiger partial charge < -0.3 is 9.64 Å². The van der Waals surface area contributed by atoms with E-state index in [-0.39, 0.29) is 30.4 Å². The lowest BCUT2D eigenvalue weighted by molar-refractivity contribution is -0.0847. The Morgan fingerprint density at radius 2 is 2.16 bits per heavy atom. The Bertz CT molecular complexity index is 1040. The molecule has 3 fully saturated rings. The zero-order chi connectivity index (χ0) is 21.5. The van der Waals surface area contributed by atoms with Crippen LogP contribution < -0.4 is 4.74 Å². The third kappa shape index (κ3) is 3.78. The van der Waals surface area contributed by atoms with Gasteiger partial charge in [0.1, 0.15) is 24.3 Å². The average Bonchev–Trinajstić information content (AvgIpc) is 3.14. The van der Waals surface area contributed by atoms with Crippen LogP contribution in [0.3, 0.4) is 0 Å². The molecule has 0 radical (unpaired) electrons. The van der Waals surface area contributed by atoms with Crippen LogP contribution in [0.5, 0.6) is 5.88 Å². The van der Waals surface area contributed by atoms with Gasteiger partial charge in [0, 0.05) is 12.1 Å². The highest BCUT2D eigenvalue weighted by Crippen LogP contribution is 2.45. The summed E-state index contributed by atoms with van der Waals surface area (Å²) in [5, 5.41) is 0.807. The first-order chi connectivity index (χ1) is 15.0. The highest BCUT2D eigenvalue weighted by molar-refractivity contribution is 7.13. The minimum absolute atomic E-state index is 0.00925. The van der Waals surface area contributed by atoms with Gasteiger partial charge in [-0.15, -0.1) is 11.3 Å². The van der Waals surface area contributed by atoms with Crippen LogP contribution in [0.1, 0.15) is 46.1 Å². The maximum Gasteiger partial charge on any atom is 0.274 e. The molecule has 1 saturated carbocycles. The lowest BCUT2D eigenvalue weighted by atomic mass is 9.69. The minimum atomic E-state index is -1.17. The molecule has 6 rings (SSSR count). The Balaban J connectivity index is 1.42. The lowest BCUT2D eigenvalue weighted by Crippen LogP contribution is -2.66. The Hall–Kier alpha value is -2.61. The standard InChI is InChI=1S/C23H23F2N3O2S/c1-13-27-21(22(31-13)14-5-3-2-4-6-14)23(29)28-17-9-15(10-17)20(25)18(28)12-30-19-8-7-16(24)11-26-19/h3,5-8,11,15,17-18,20H,2,4,9-10,12H2,1H3/t15?,17?,18-,20+/m0/s1. The van der Waals surface area contributed by atoms with Crippen LogP contribution in [0.25, 0.3) is 5.57 Å². The fourth-order valence-corrected chi connectivity index (χ4v) is 5.57. The van der Waals surface area contributed by atoms with Crippen molar-refractivity contribution in [3.05, 3.63) is 58.0 Å². The van der Waals surface area contributed by atoms with Crippen molar-refractivity contribution >= 4 is 22.8 Å². The van der Waals surface area contributed by atoms with Gasteiger partial charge in [-0.05, 0) is 50.2 Å². The van der Waals surface area contributed by atoms with Crippen LogP contribution >= 0.6 is 11.3 Å². The molecule has 0 spiro atoms. The lowest BCUT2D eigenvalue weighted by Gasteiger charge is -2.54. The summed E-state index contributed by atoms with van der Waals surface area (Å²) in [5.74, 6) is -0.554. The SMILES string of the molecule is Cc1nc(C(=O)N2C3CC(C3)[C@@H](F)[C@@H]2COc2ccc(F)cn2)c(C2=CCCC=C2)s1. The van der Waals surface area contributed by atoms with E-state index in [1.165, 1.54) is 23.5 Å². The number of carbonyl (C=O) groups is 1. The van der Waals surface area contributed by atoms with E-state index in [2.05, 4.69) is 22.1 Å². The second kappa shape index (κ2) is 8.15. The number of alkyl halides is 1. The van der Waals surface area contributed by atoms with E-state index in [0.29, 0.717) is 18.5 Å². The maximum absolute atomic E-state index is 15.2. The summed E-state index contributed by atoms with van der Waals surface area (Å²) in [6.07, 6.45) is 9.38. The van der Waals surface area contributed by atoms with E-state index in [0.717, 1.165) is 34.5 Å². The van der Waals surface area contributed by atoms with Crippen molar-refractivity contribution in [3.63, 3.8) is 0 Å². The predicted octanol–water partition coefficient (Wildman–Crippen LogP) is 4.74.